The largest absolute Gasteiger partial charge is 0.357 e. The standard InChI is InChI=1S/C8H13N3O2/c1-5(4-9)7(12)11-6(2)8(13)10-3/h5-6H,1-3H3,(H,10,13)(H,11,12)/t5?,6-/m1/s1. The number of amides is 2. The molecule has 0 aromatic rings. The van der Waals surface area contributed by atoms with Crippen LogP contribution < -0.4 is 10.6 Å². The zero-order valence-electron chi connectivity index (χ0n) is 7.92. The first-order valence-corrected chi connectivity index (χ1v) is 3.94. The van der Waals surface area contributed by atoms with Crippen molar-refractivity contribution in [1.29, 1.82) is 5.26 Å². The maximum atomic E-state index is 11.1. The molecule has 0 radical (unpaired) electrons. The van der Waals surface area contributed by atoms with Crippen LogP contribution in [0.4, 0.5) is 0 Å². The Balaban J connectivity index is 4.08. The molecular weight excluding hydrogens is 170 g/mol. The average Bonchev–Trinajstić information content (AvgIpc) is 2.14. The Hall–Kier alpha value is -1.57. The minimum Gasteiger partial charge on any atom is -0.357 e. The number of carbonyl (C=O) groups excluding carboxylic acids is 2. The second-order valence-corrected chi connectivity index (χ2v) is 2.70. The van der Waals surface area contributed by atoms with Gasteiger partial charge in [0.2, 0.25) is 11.8 Å². The molecule has 1 unspecified atom stereocenters. The molecule has 5 nitrogen and oxygen atoms in total. The van der Waals surface area contributed by atoms with Crippen molar-refractivity contribution in [3.63, 3.8) is 0 Å². The van der Waals surface area contributed by atoms with E-state index in [0.717, 1.165) is 0 Å². The lowest BCUT2D eigenvalue weighted by molar-refractivity contribution is -0.129. The highest BCUT2D eigenvalue weighted by molar-refractivity contribution is 5.88. The molecule has 2 N–H and O–H groups in total. The molecule has 0 fully saturated rings. The van der Waals surface area contributed by atoms with Gasteiger partial charge in [-0.2, -0.15) is 5.26 Å². The number of rotatable bonds is 3. The molecule has 5 heteroatoms. The summed E-state index contributed by atoms with van der Waals surface area (Å²) in [5, 5.41) is 13.2. The number of likely N-dealkylation sites (N-methyl/N-ethyl adjacent to an activating group) is 1. The fourth-order valence-corrected chi connectivity index (χ4v) is 0.679. The second kappa shape index (κ2) is 5.14. The summed E-state index contributed by atoms with van der Waals surface area (Å²) in [4.78, 5) is 22.0. The Morgan fingerprint density at radius 1 is 1.31 bits per heavy atom. The third kappa shape index (κ3) is 3.56. The highest BCUT2D eigenvalue weighted by Gasteiger charge is 2.17. The van der Waals surface area contributed by atoms with Gasteiger partial charge in [0.1, 0.15) is 12.0 Å². The zero-order chi connectivity index (χ0) is 10.4. The molecule has 13 heavy (non-hydrogen) atoms. The molecule has 2 amide bonds. The van der Waals surface area contributed by atoms with Crippen LogP contribution in [0, 0.1) is 17.2 Å². The van der Waals surface area contributed by atoms with Crippen LogP contribution in [0.1, 0.15) is 13.8 Å². The van der Waals surface area contributed by atoms with Gasteiger partial charge in [0.15, 0.2) is 0 Å². The van der Waals surface area contributed by atoms with Crippen molar-refractivity contribution in [3.8, 4) is 6.07 Å². The smallest absolute Gasteiger partial charge is 0.242 e. The van der Waals surface area contributed by atoms with E-state index in [2.05, 4.69) is 10.6 Å². The van der Waals surface area contributed by atoms with E-state index in [0.29, 0.717) is 0 Å². The molecular formula is C8H13N3O2. The van der Waals surface area contributed by atoms with Gasteiger partial charge in [0.25, 0.3) is 0 Å². The van der Waals surface area contributed by atoms with E-state index in [1.54, 1.807) is 13.0 Å². The first-order valence-electron chi connectivity index (χ1n) is 3.94. The monoisotopic (exact) mass is 183 g/mol. The fourth-order valence-electron chi connectivity index (χ4n) is 0.679. The molecule has 0 heterocycles. The lowest BCUT2D eigenvalue weighted by Crippen LogP contribution is -2.45. The predicted octanol–water partition coefficient (Wildman–Crippen LogP) is -0.603. The highest BCUT2D eigenvalue weighted by atomic mass is 16.2. The number of hydrogen-bond acceptors (Lipinski definition) is 3. The molecule has 0 aromatic carbocycles. The third-order valence-corrected chi connectivity index (χ3v) is 1.59. The van der Waals surface area contributed by atoms with Crippen molar-refractivity contribution >= 4 is 11.8 Å². The first-order chi connectivity index (χ1) is 6.02. The van der Waals surface area contributed by atoms with E-state index in [-0.39, 0.29) is 5.91 Å². The van der Waals surface area contributed by atoms with Gasteiger partial charge >= 0.3 is 0 Å². The van der Waals surface area contributed by atoms with Crippen LogP contribution in [0.2, 0.25) is 0 Å². The summed E-state index contributed by atoms with van der Waals surface area (Å²) in [5.41, 5.74) is 0. The lowest BCUT2D eigenvalue weighted by Gasteiger charge is -2.12. The Morgan fingerprint density at radius 3 is 2.23 bits per heavy atom. The number of nitrogens with zero attached hydrogens (tertiary/aromatic N) is 1. The molecule has 0 aliphatic rings. The van der Waals surface area contributed by atoms with Crippen molar-refractivity contribution in [2.75, 3.05) is 7.05 Å². The molecule has 0 aliphatic heterocycles. The number of carbonyl (C=O) groups is 2. The van der Waals surface area contributed by atoms with Crippen LogP contribution >= 0.6 is 0 Å². The molecule has 0 spiro atoms. The quantitative estimate of drug-likeness (QED) is 0.612. The van der Waals surface area contributed by atoms with Gasteiger partial charge in [0, 0.05) is 7.05 Å². The summed E-state index contributed by atoms with van der Waals surface area (Å²) in [6.45, 7) is 3.03. The van der Waals surface area contributed by atoms with Crippen LogP contribution in [-0.2, 0) is 9.59 Å². The van der Waals surface area contributed by atoms with Crippen LogP contribution in [0.5, 0.6) is 0 Å². The summed E-state index contributed by atoms with van der Waals surface area (Å²) in [6.07, 6.45) is 0. The summed E-state index contributed by atoms with van der Waals surface area (Å²) in [6, 6.07) is 1.18. The average molecular weight is 183 g/mol. The molecule has 0 saturated carbocycles. The number of hydrogen-bond donors (Lipinski definition) is 2. The van der Waals surface area contributed by atoms with E-state index in [1.807, 2.05) is 0 Å². The maximum Gasteiger partial charge on any atom is 0.242 e. The topological polar surface area (TPSA) is 82.0 Å². The van der Waals surface area contributed by atoms with Crippen molar-refractivity contribution < 1.29 is 9.59 Å². The Bertz CT molecular complexity index is 244. The molecule has 0 aromatic heterocycles. The van der Waals surface area contributed by atoms with Gasteiger partial charge in [-0.15, -0.1) is 0 Å². The Labute approximate surface area is 77.1 Å². The van der Waals surface area contributed by atoms with E-state index < -0.39 is 17.9 Å². The van der Waals surface area contributed by atoms with E-state index in [9.17, 15) is 9.59 Å². The zero-order valence-corrected chi connectivity index (χ0v) is 7.92. The van der Waals surface area contributed by atoms with E-state index in [1.165, 1.54) is 14.0 Å². The summed E-state index contributed by atoms with van der Waals surface area (Å²) in [5.74, 6) is -1.44. The minimum absolute atomic E-state index is 0.279. The Kier molecular flexibility index (Phi) is 4.52. The van der Waals surface area contributed by atoms with E-state index >= 15 is 0 Å². The SMILES string of the molecule is CNC(=O)[C@@H](C)NC(=O)C(C)C#N. The summed E-state index contributed by atoms with van der Waals surface area (Å²) in [7, 11) is 1.48. The first kappa shape index (κ1) is 11.4. The fraction of sp³-hybridized carbons (Fsp3) is 0.625. The van der Waals surface area contributed by atoms with Gasteiger partial charge in [-0.3, -0.25) is 9.59 Å². The van der Waals surface area contributed by atoms with Gasteiger partial charge in [-0.1, -0.05) is 0 Å². The van der Waals surface area contributed by atoms with Crippen LogP contribution in [0.3, 0.4) is 0 Å². The maximum absolute atomic E-state index is 11.1. The predicted molar refractivity (Wildman–Crippen MR) is 46.4 cm³/mol. The van der Waals surface area contributed by atoms with Crippen molar-refractivity contribution in [2.45, 2.75) is 19.9 Å². The molecule has 0 aliphatic carbocycles. The summed E-state index contributed by atoms with van der Waals surface area (Å²) < 4.78 is 0. The number of nitriles is 1. The van der Waals surface area contributed by atoms with Crippen LogP contribution in [-0.4, -0.2) is 24.9 Å². The van der Waals surface area contributed by atoms with Crippen molar-refractivity contribution in [3.05, 3.63) is 0 Å². The third-order valence-electron chi connectivity index (χ3n) is 1.59. The highest BCUT2D eigenvalue weighted by Crippen LogP contribution is 1.92. The number of nitrogens with one attached hydrogen (secondary N) is 2. The summed E-state index contributed by atoms with van der Waals surface area (Å²) >= 11 is 0. The lowest BCUT2D eigenvalue weighted by atomic mass is 10.2. The van der Waals surface area contributed by atoms with E-state index in [4.69, 9.17) is 5.26 Å². The normalized spacial score (nSPS) is 13.7. The molecule has 0 rings (SSSR count). The minimum atomic E-state index is -0.730. The molecule has 2 atom stereocenters. The van der Waals surface area contributed by atoms with Gasteiger partial charge in [-0.25, -0.2) is 0 Å². The molecule has 72 valence electrons. The second-order valence-electron chi connectivity index (χ2n) is 2.70. The van der Waals surface area contributed by atoms with Crippen molar-refractivity contribution in [1.82, 2.24) is 10.6 Å². The molecule has 0 bridgehead atoms. The van der Waals surface area contributed by atoms with Gasteiger partial charge < -0.3 is 10.6 Å². The van der Waals surface area contributed by atoms with Crippen LogP contribution in [0.25, 0.3) is 0 Å². The van der Waals surface area contributed by atoms with Gasteiger partial charge in [0.05, 0.1) is 6.07 Å². The van der Waals surface area contributed by atoms with Crippen LogP contribution in [0.15, 0.2) is 0 Å². The van der Waals surface area contributed by atoms with Gasteiger partial charge in [-0.05, 0) is 13.8 Å². The Morgan fingerprint density at radius 2 is 1.85 bits per heavy atom. The molecule has 0 saturated heterocycles. The van der Waals surface area contributed by atoms with Crippen molar-refractivity contribution in [2.24, 2.45) is 5.92 Å².